The molecule has 134 valence electrons. The zero-order chi connectivity index (χ0) is 18.8. The minimum absolute atomic E-state index is 0.229. The Morgan fingerprint density at radius 3 is 2.32 bits per heavy atom. The minimum Gasteiger partial charge on any atom is -0.478 e. The molecule has 6 nitrogen and oxygen atoms in total. The van der Waals surface area contributed by atoms with Crippen LogP contribution < -0.4 is 9.46 Å². The summed E-state index contributed by atoms with van der Waals surface area (Å²) < 4.78 is 65.5. The number of nitrogens with one attached hydrogen (secondary N) is 1. The first-order valence-electron chi connectivity index (χ1n) is 6.66. The minimum atomic E-state index is -5.02. The molecule has 2 aromatic rings. The lowest BCUT2D eigenvalue weighted by Crippen LogP contribution is -2.19. The Hall–Kier alpha value is -2.75. The molecule has 0 aliphatic heterocycles. The van der Waals surface area contributed by atoms with Crippen molar-refractivity contribution < 1.29 is 36.2 Å². The molecule has 0 radical (unpaired) electrons. The van der Waals surface area contributed by atoms with Gasteiger partial charge in [-0.1, -0.05) is 18.2 Å². The van der Waals surface area contributed by atoms with E-state index in [4.69, 9.17) is 5.11 Å². The Kier molecular flexibility index (Phi) is 4.93. The summed E-state index contributed by atoms with van der Waals surface area (Å²) in [7, 11) is -3.51. The van der Waals surface area contributed by atoms with Crippen LogP contribution in [-0.2, 0) is 10.0 Å². The summed E-state index contributed by atoms with van der Waals surface area (Å²) in [6.07, 6.45) is -4.06. The first kappa shape index (κ1) is 18.6. The maximum Gasteiger partial charge on any atom is 0.573 e. The number of ether oxygens (including phenoxy) is 1. The van der Waals surface area contributed by atoms with Crippen molar-refractivity contribution in [3.05, 3.63) is 48.0 Å². The molecule has 0 fully saturated rings. The van der Waals surface area contributed by atoms with Crippen LogP contribution in [0.15, 0.2) is 42.5 Å². The van der Waals surface area contributed by atoms with Crippen molar-refractivity contribution in [2.45, 2.75) is 6.36 Å². The van der Waals surface area contributed by atoms with E-state index >= 15 is 0 Å². The highest BCUT2D eigenvalue weighted by atomic mass is 32.2. The molecule has 0 unspecified atom stereocenters. The number of aromatic carboxylic acids is 1. The van der Waals surface area contributed by atoms with E-state index < -0.39 is 33.7 Å². The van der Waals surface area contributed by atoms with Gasteiger partial charge < -0.3 is 9.84 Å². The van der Waals surface area contributed by atoms with E-state index in [1.807, 2.05) is 0 Å². The Morgan fingerprint density at radius 1 is 1.12 bits per heavy atom. The maximum atomic E-state index is 12.3. The van der Waals surface area contributed by atoms with E-state index in [1.54, 1.807) is 6.07 Å². The first-order valence-corrected chi connectivity index (χ1v) is 8.55. The van der Waals surface area contributed by atoms with E-state index in [-0.39, 0.29) is 11.3 Å². The van der Waals surface area contributed by atoms with Crippen LogP contribution in [0.4, 0.5) is 18.9 Å². The van der Waals surface area contributed by atoms with Gasteiger partial charge in [-0.25, -0.2) is 13.2 Å². The molecule has 0 amide bonds. The number of hydrogen-bond donors (Lipinski definition) is 2. The van der Waals surface area contributed by atoms with Gasteiger partial charge in [0.2, 0.25) is 10.0 Å². The van der Waals surface area contributed by atoms with Crippen molar-refractivity contribution in [3.8, 4) is 16.9 Å². The molecule has 0 atom stereocenters. The van der Waals surface area contributed by atoms with Gasteiger partial charge in [-0.15, -0.1) is 13.2 Å². The van der Waals surface area contributed by atoms with Gasteiger partial charge in [-0.05, 0) is 35.4 Å². The predicted molar refractivity (Wildman–Crippen MR) is 84.0 cm³/mol. The number of hydrogen-bond acceptors (Lipinski definition) is 4. The monoisotopic (exact) mass is 375 g/mol. The van der Waals surface area contributed by atoms with Crippen LogP contribution in [0, 0.1) is 0 Å². The number of carboxylic acids is 1. The molecule has 10 heteroatoms. The van der Waals surface area contributed by atoms with Crippen LogP contribution in [0.3, 0.4) is 0 Å². The quantitative estimate of drug-likeness (QED) is 0.836. The van der Waals surface area contributed by atoms with Crippen molar-refractivity contribution in [2.24, 2.45) is 0 Å². The number of anilines is 1. The Morgan fingerprint density at radius 2 is 1.76 bits per heavy atom. The van der Waals surface area contributed by atoms with E-state index in [2.05, 4.69) is 9.46 Å². The van der Waals surface area contributed by atoms with E-state index in [0.717, 1.165) is 18.4 Å². The number of carbonyl (C=O) groups is 1. The average Bonchev–Trinajstić information content (AvgIpc) is 2.44. The number of rotatable bonds is 5. The van der Waals surface area contributed by atoms with E-state index in [1.165, 1.54) is 24.3 Å². The highest BCUT2D eigenvalue weighted by molar-refractivity contribution is 7.92. The molecule has 25 heavy (non-hydrogen) atoms. The Balaban J connectivity index is 2.45. The largest absolute Gasteiger partial charge is 0.573 e. The van der Waals surface area contributed by atoms with Crippen LogP contribution in [0.5, 0.6) is 5.75 Å². The van der Waals surface area contributed by atoms with Crippen LogP contribution in [0.2, 0.25) is 0 Å². The second-order valence-corrected chi connectivity index (χ2v) is 6.77. The summed E-state index contributed by atoms with van der Waals surface area (Å²) in [5.41, 5.74) is 0.252. The molecule has 2 N–H and O–H groups in total. The lowest BCUT2D eigenvalue weighted by atomic mass is 10.0. The summed E-state index contributed by atoms with van der Waals surface area (Å²) in [5.74, 6) is -2.43. The van der Waals surface area contributed by atoms with Gasteiger partial charge in [-0.3, -0.25) is 4.72 Å². The van der Waals surface area contributed by atoms with Gasteiger partial charge in [-0.2, -0.15) is 0 Å². The topological polar surface area (TPSA) is 92.7 Å². The molecule has 0 saturated carbocycles. The average molecular weight is 375 g/mol. The summed E-state index contributed by atoms with van der Waals surface area (Å²) in [6.45, 7) is 0. The summed E-state index contributed by atoms with van der Waals surface area (Å²) in [4.78, 5) is 11.2. The summed E-state index contributed by atoms with van der Waals surface area (Å²) >= 11 is 0. The van der Waals surface area contributed by atoms with Gasteiger partial charge in [0.05, 0.1) is 6.26 Å². The second-order valence-electron chi connectivity index (χ2n) is 5.02. The van der Waals surface area contributed by atoms with Crippen LogP contribution in [0.25, 0.3) is 11.1 Å². The maximum absolute atomic E-state index is 12.3. The molecular formula is C15H12F3NO5S. The summed E-state index contributed by atoms with van der Waals surface area (Å²) in [5, 5.41) is 9.10. The van der Waals surface area contributed by atoms with Crippen molar-refractivity contribution >= 4 is 21.7 Å². The van der Waals surface area contributed by atoms with Crippen molar-refractivity contribution in [3.63, 3.8) is 0 Å². The van der Waals surface area contributed by atoms with Crippen LogP contribution in [-0.4, -0.2) is 32.1 Å². The third-order valence-electron chi connectivity index (χ3n) is 2.93. The molecule has 2 rings (SSSR count). The van der Waals surface area contributed by atoms with Gasteiger partial charge >= 0.3 is 12.3 Å². The number of benzene rings is 2. The highest BCUT2D eigenvalue weighted by Crippen LogP contribution is 2.31. The van der Waals surface area contributed by atoms with Crippen LogP contribution >= 0.6 is 0 Å². The van der Waals surface area contributed by atoms with Gasteiger partial charge in [0, 0.05) is 5.69 Å². The Bertz CT molecular complexity index is 910. The zero-order valence-electron chi connectivity index (χ0n) is 12.7. The molecule has 0 heterocycles. The van der Waals surface area contributed by atoms with Crippen molar-refractivity contribution in [1.82, 2.24) is 0 Å². The SMILES string of the molecule is CS(=O)(=O)Nc1cccc(-c2ccc(OC(F)(F)F)c(C(=O)O)c2)c1. The molecule has 0 saturated heterocycles. The Labute approximate surface area is 140 Å². The molecule has 2 aromatic carbocycles. The fourth-order valence-electron chi connectivity index (χ4n) is 2.07. The number of carboxylic acid groups (broad SMARTS) is 1. The number of sulfonamides is 1. The highest BCUT2D eigenvalue weighted by Gasteiger charge is 2.33. The molecule has 0 bridgehead atoms. The molecule has 0 aliphatic rings. The first-order chi connectivity index (χ1) is 11.4. The normalized spacial score (nSPS) is 11.8. The zero-order valence-corrected chi connectivity index (χ0v) is 13.5. The molecule has 0 spiro atoms. The number of halogens is 3. The lowest BCUT2D eigenvalue weighted by Gasteiger charge is -2.13. The van der Waals surface area contributed by atoms with Crippen molar-refractivity contribution in [2.75, 3.05) is 11.0 Å². The van der Waals surface area contributed by atoms with Gasteiger partial charge in [0.1, 0.15) is 11.3 Å². The lowest BCUT2D eigenvalue weighted by molar-refractivity contribution is -0.274. The van der Waals surface area contributed by atoms with E-state index in [9.17, 15) is 26.4 Å². The molecular weight excluding hydrogens is 363 g/mol. The smallest absolute Gasteiger partial charge is 0.478 e. The predicted octanol–water partition coefficient (Wildman–Crippen LogP) is 3.32. The van der Waals surface area contributed by atoms with Crippen molar-refractivity contribution in [1.29, 1.82) is 0 Å². The molecule has 0 aromatic heterocycles. The third kappa shape index (κ3) is 5.38. The van der Waals surface area contributed by atoms with Gasteiger partial charge in [0.15, 0.2) is 0 Å². The number of alkyl halides is 3. The van der Waals surface area contributed by atoms with E-state index in [0.29, 0.717) is 5.56 Å². The fourth-order valence-corrected chi connectivity index (χ4v) is 2.62. The fraction of sp³-hybridized carbons (Fsp3) is 0.133. The van der Waals surface area contributed by atoms with Crippen LogP contribution in [0.1, 0.15) is 10.4 Å². The second kappa shape index (κ2) is 6.63. The third-order valence-corrected chi connectivity index (χ3v) is 3.54. The van der Waals surface area contributed by atoms with Gasteiger partial charge in [0.25, 0.3) is 0 Å². The molecule has 0 aliphatic carbocycles. The summed E-state index contributed by atoms with van der Waals surface area (Å²) in [6, 6.07) is 9.12. The standard InChI is InChI=1S/C15H12F3NO5S/c1-25(22,23)19-11-4-2-3-9(7-11)10-5-6-13(24-15(16,17)18)12(8-10)14(20)21/h2-8,19H,1H3,(H,20,21).